The number of carbonyl (C=O) groups is 1. The highest BCUT2D eigenvalue weighted by Crippen LogP contribution is 2.33. The molecule has 2 rings (SSSR count). The summed E-state index contributed by atoms with van der Waals surface area (Å²) in [5.41, 5.74) is 1.83. The Kier molecular flexibility index (Phi) is 3.87. The summed E-state index contributed by atoms with van der Waals surface area (Å²) in [4.78, 5) is 12.1. The lowest BCUT2D eigenvalue weighted by Gasteiger charge is -2.14. The highest BCUT2D eigenvalue weighted by molar-refractivity contribution is 9.10. The van der Waals surface area contributed by atoms with Crippen molar-refractivity contribution < 1.29 is 4.79 Å². The fraction of sp³-hybridized carbons (Fsp3) is 0.500. The fourth-order valence-corrected chi connectivity index (χ4v) is 2.45. The van der Waals surface area contributed by atoms with Gasteiger partial charge in [-0.3, -0.25) is 4.79 Å². The fourth-order valence-electron chi connectivity index (χ4n) is 2.03. The second-order valence-corrected chi connectivity index (χ2v) is 5.89. The quantitative estimate of drug-likeness (QED) is 0.902. The Labute approximate surface area is 111 Å². The second kappa shape index (κ2) is 5.21. The van der Waals surface area contributed by atoms with Crippen molar-refractivity contribution in [3.63, 3.8) is 0 Å². The smallest absolute Gasteiger partial charge is 0.252 e. The van der Waals surface area contributed by atoms with E-state index in [9.17, 15) is 4.79 Å². The van der Waals surface area contributed by atoms with Crippen molar-refractivity contribution in [3.8, 4) is 0 Å². The van der Waals surface area contributed by atoms with Crippen LogP contribution in [0.1, 0.15) is 42.1 Å². The van der Waals surface area contributed by atoms with Gasteiger partial charge in [-0.15, -0.1) is 0 Å². The van der Waals surface area contributed by atoms with Gasteiger partial charge < -0.3 is 5.32 Å². The third-order valence-corrected chi connectivity index (χ3v) is 3.82. The summed E-state index contributed by atoms with van der Waals surface area (Å²) in [7, 11) is 0. The average Bonchev–Trinajstić information content (AvgIpc) is 3.05. The molecule has 0 heterocycles. The standard InChI is InChI=1S/C14H18BrNO/c1-9-3-6-13(15)12(7-9)14(17)16-10(2)8-11-4-5-11/h3,6-7,10-11H,4-5,8H2,1-2H3,(H,16,17). The Balaban J connectivity index is 2.00. The Morgan fingerprint density at radius 2 is 2.24 bits per heavy atom. The van der Waals surface area contributed by atoms with Crippen LogP contribution in [0, 0.1) is 12.8 Å². The van der Waals surface area contributed by atoms with Crippen LogP contribution in [-0.4, -0.2) is 11.9 Å². The first-order chi connectivity index (χ1) is 8.06. The summed E-state index contributed by atoms with van der Waals surface area (Å²) in [6, 6.07) is 6.11. The topological polar surface area (TPSA) is 29.1 Å². The molecule has 17 heavy (non-hydrogen) atoms. The minimum absolute atomic E-state index is 0.0220. The van der Waals surface area contributed by atoms with Crippen LogP contribution in [0.4, 0.5) is 0 Å². The lowest BCUT2D eigenvalue weighted by molar-refractivity contribution is 0.0936. The molecule has 1 aliphatic carbocycles. The molecule has 92 valence electrons. The molecular formula is C14H18BrNO. The van der Waals surface area contributed by atoms with Crippen LogP contribution in [0.5, 0.6) is 0 Å². The molecule has 1 N–H and O–H groups in total. The summed E-state index contributed by atoms with van der Waals surface area (Å²) in [6.07, 6.45) is 3.76. The van der Waals surface area contributed by atoms with Crippen LogP contribution >= 0.6 is 15.9 Å². The number of carbonyl (C=O) groups excluding carboxylic acids is 1. The van der Waals surface area contributed by atoms with Gasteiger partial charge >= 0.3 is 0 Å². The Bertz CT molecular complexity index is 426. The molecule has 1 aromatic rings. The zero-order valence-corrected chi connectivity index (χ0v) is 11.9. The van der Waals surface area contributed by atoms with Crippen molar-refractivity contribution in [3.05, 3.63) is 33.8 Å². The molecule has 0 spiro atoms. The zero-order valence-electron chi connectivity index (χ0n) is 10.3. The minimum Gasteiger partial charge on any atom is -0.350 e. The largest absolute Gasteiger partial charge is 0.350 e. The van der Waals surface area contributed by atoms with Gasteiger partial charge in [0.2, 0.25) is 0 Å². The van der Waals surface area contributed by atoms with E-state index in [1.807, 2.05) is 25.1 Å². The van der Waals surface area contributed by atoms with Crippen molar-refractivity contribution in [2.45, 2.75) is 39.2 Å². The van der Waals surface area contributed by atoms with Crippen molar-refractivity contribution in [2.24, 2.45) is 5.92 Å². The zero-order chi connectivity index (χ0) is 12.4. The summed E-state index contributed by atoms with van der Waals surface area (Å²) in [5.74, 6) is 0.861. The molecule has 0 aliphatic heterocycles. The van der Waals surface area contributed by atoms with Crippen LogP contribution in [0.25, 0.3) is 0 Å². The lowest BCUT2D eigenvalue weighted by Crippen LogP contribution is -2.33. The van der Waals surface area contributed by atoms with Gasteiger partial charge in [-0.2, -0.15) is 0 Å². The molecule has 1 fully saturated rings. The highest BCUT2D eigenvalue weighted by Gasteiger charge is 2.24. The second-order valence-electron chi connectivity index (χ2n) is 5.04. The first-order valence-electron chi connectivity index (χ1n) is 6.13. The molecule has 1 saturated carbocycles. The van der Waals surface area contributed by atoms with E-state index in [1.165, 1.54) is 12.8 Å². The highest BCUT2D eigenvalue weighted by atomic mass is 79.9. The van der Waals surface area contributed by atoms with E-state index in [4.69, 9.17) is 0 Å². The molecule has 1 amide bonds. The van der Waals surface area contributed by atoms with Gasteiger partial charge in [0.25, 0.3) is 5.91 Å². The van der Waals surface area contributed by atoms with Gasteiger partial charge in [-0.25, -0.2) is 0 Å². The predicted octanol–water partition coefficient (Wildman–Crippen LogP) is 3.68. The van der Waals surface area contributed by atoms with E-state index in [1.54, 1.807) is 0 Å². The number of hydrogen-bond acceptors (Lipinski definition) is 1. The van der Waals surface area contributed by atoms with Gasteiger partial charge in [-0.05, 0) is 54.2 Å². The van der Waals surface area contributed by atoms with Crippen LogP contribution < -0.4 is 5.32 Å². The maximum Gasteiger partial charge on any atom is 0.252 e. The molecule has 1 unspecified atom stereocenters. The number of benzene rings is 1. The molecule has 0 radical (unpaired) electrons. The number of halogens is 1. The summed E-state index contributed by atoms with van der Waals surface area (Å²) in [6.45, 7) is 4.08. The van der Waals surface area contributed by atoms with Crippen molar-refractivity contribution >= 4 is 21.8 Å². The molecule has 0 aromatic heterocycles. The number of aryl methyl sites for hydroxylation is 1. The van der Waals surface area contributed by atoms with Crippen molar-refractivity contribution in [1.82, 2.24) is 5.32 Å². The number of hydrogen-bond donors (Lipinski definition) is 1. The van der Waals surface area contributed by atoms with Crippen molar-refractivity contribution in [2.75, 3.05) is 0 Å². The van der Waals surface area contributed by atoms with Crippen molar-refractivity contribution in [1.29, 1.82) is 0 Å². The summed E-state index contributed by atoms with van der Waals surface area (Å²) >= 11 is 3.42. The van der Waals surface area contributed by atoms with E-state index >= 15 is 0 Å². The molecule has 1 aromatic carbocycles. The Morgan fingerprint density at radius 1 is 1.53 bits per heavy atom. The summed E-state index contributed by atoms with van der Waals surface area (Å²) in [5, 5.41) is 3.07. The van der Waals surface area contributed by atoms with E-state index in [-0.39, 0.29) is 11.9 Å². The molecule has 0 bridgehead atoms. The van der Waals surface area contributed by atoms with Gasteiger partial charge in [0.1, 0.15) is 0 Å². The van der Waals surface area contributed by atoms with Gasteiger partial charge in [0.05, 0.1) is 5.56 Å². The Morgan fingerprint density at radius 3 is 2.88 bits per heavy atom. The third kappa shape index (κ3) is 3.56. The van der Waals surface area contributed by atoms with Crippen LogP contribution in [-0.2, 0) is 0 Å². The third-order valence-electron chi connectivity index (χ3n) is 3.13. The van der Waals surface area contributed by atoms with Gasteiger partial charge in [0, 0.05) is 10.5 Å². The molecule has 2 nitrogen and oxygen atoms in total. The monoisotopic (exact) mass is 295 g/mol. The molecule has 1 atom stereocenters. The first kappa shape index (κ1) is 12.6. The van der Waals surface area contributed by atoms with E-state index in [0.29, 0.717) is 0 Å². The lowest BCUT2D eigenvalue weighted by atomic mass is 10.1. The minimum atomic E-state index is 0.0220. The number of amides is 1. The van der Waals surface area contributed by atoms with E-state index < -0.39 is 0 Å². The average molecular weight is 296 g/mol. The predicted molar refractivity (Wildman–Crippen MR) is 73.1 cm³/mol. The van der Waals surface area contributed by atoms with Crippen LogP contribution in [0.3, 0.4) is 0 Å². The molecule has 1 aliphatic rings. The SMILES string of the molecule is Cc1ccc(Br)c(C(=O)NC(C)CC2CC2)c1. The first-order valence-corrected chi connectivity index (χ1v) is 6.92. The van der Waals surface area contributed by atoms with Gasteiger partial charge in [0.15, 0.2) is 0 Å². The van der Waals surface area contributed by atoms with Crippen LogP contribution in [0.15, 0.2) is 22.7 Å². The maximum atomic E-state index is 12.1. The number of nitrogens with one attached hydrogen (secondary N) is 1. The molecular weight excluding hydrogens is 278 g/mol. The Hall–Kier alpha value is -0.830. The molecule has 0 saturated heterocycles. The van der Waals surface area contributed by atoms with E-state index in [0.717, 1.165) is 27.9 Å². The maximum absolute atomic E-state index is 12.1. The molecule has 3 heteroatoms. The van der Waals surface area contributed by atoms with Gasteiger partial charge in [-0.1, -0.05) is 24.5 Å². The normalized spacial score (nSPS) is 16.6. The summed E-state index contributed by atoms with van der Waals surface area (Å²) < 4.78 is 0.860. The number of rotatable bonds is 4. The van der Waals surface area contributed by atoms with E-state index in [2.05, 4.69) is 28.2 Å². The van der Waals surface area contributed by atoms with Crippen LogP contribution in [0.2, 0.25) is 0 Å².